The molecule has 0 aromatic rings. The van der Waals surface area contributed by atoms with Crippen molar-refractivity contribution in [3.63, 3.8) is 0 Å². The molecule has 3 aliphatic heterocycles. The average molecular weight is 267 g/mol. The highest BCUT2D eigenvalue weighted by Crippen LogP contribution is 2.29. The minimum absolute atomic E-state index is 0.0497. The van der Waals surface area contributed by atoms with E-state index in [0.29, 0.717) is 38.5 Å². The maximum absolute atomic E-state index is 12.5. The van der Waals surface area contributed by atoms with Crippen molar-refractivity contribution < 1.29 is 14.3 Å². The lowest BCUT2D eigenvalue weighted by Crippen LogP contribution is -2.51. The SMILES string of the molecule is O=C1NC2(CCOCC2)C(=O)N1CC1CCCNC1. The second kappa shape index (κ2) is 5.09. The van der Waals surface area contributed by atoms with Gasteiger partial charge in [-0.2, -0.15) is 0 Å². The molecule has 0 aromatic heterocycles. The Morgan fingerprint density at radius 3 is 2.79 bits per heavy atom. The fourth-order valence-electron chi connectivity index (χ4n) is 3.24. The van der Waals surface area contributed by atoms with E-state index in [4.69, 9.17) is 4.74 Å². The summed E-state index contributed by atoms with van der Waals surface area (Å²) < 4.78 is 5.29. The summed E-state index contributed by atoms with van der Waals surface area (Å²) in [6.07, 6.45) is 3.39. The fraction of sp³-hybridized carbons (Fsp3) is 0.846. The molecule has 3 saturated heterocycles. The molecule has 1 unspecified atom stereocenters. The average Bonchev–Trinajstić information content (AvgIpc) is 2.66. The molecule has 0 aliphatic carbocycles. The molecule has 3 aliphatic rings. The molecule has 1 spiro atoms. The number of nitrogens with one attached hydrogen (secondary N) is 2. The zero-order chi connectivity index (χ0) is 13.3. The van der Waals surface area contributed by atoms with Gasteiger partial charge in [0.1, 0.15) is 5.54 Å². The van der Waals surface area contributed by atoms with Crippen molar-refractivity contribution >= 4 is 11.9 Å². The molecule has 3 amide bonds. The normalized spacial score (nSPS) is 30.7. The first-order valence-electron chi connectivity index (χ1n) is 7.14. The van der Waals surface area contributed by atoms with Crippen LogP contribution in [0.4, 0.5) is 4.79 Å². The Hall–Kier alpha value is -1.14. The molecule has 3 fully saturated rings. The Bertz CT molecular complexity index is 373. The third-order valence-corrected chi connectivity index (χ3v) is 4.43. The lowest BCUT2D eigenvalue weighted by molar-refractivity contribution is -0.135. The molecule has 0 bridgehead atoms. The molecule has 0 aromatic carbocycles. The molecular formula is C13H21N3O3. The number of amides is 3. The molecule has 0 radical (unpaired) electrons. The van der Waals surface area contributed by atoms with Crippen molar-refractivity contribution in [2.75, 3.05) is 32.8 Å². The molecule has 0 saturated carbocycles. The standard InChI is InChI=1S/C13H21N3O3/c17-11-13(3-6-19-7-4-13)15-12(18)16(11)9-10-2-1-5-14-8-10/h10,14H,1-9H2,(H,15,18). The summed E-state index contributed by atoms with van der Waals surface area (Å²) >= 11 is 0. The summed E-state index contributed by atoms with van der Waals surface area (Å²) in [5.74, 6) is 0.338. The molecule has 2 N–H and O–H groups in total. The van der Waals surface area contributed by atoms with Crippen LogP contribution in [0.15, 0.2) is 0 Å². The number of hydrogen-bond donors (Lipinski definition) is 2. The zero-order valence-corrected chi connectivity index (χ0v) is 11.1. The first-order valence-corrected chi connectivity index (χ1v) is 7.14. The van der Waals surface area contributed by atoms with Crippen molar-refractivity contribution in [2.45, 2.75) is 31.2 Å². The van der Waals surface area contributed by atoms with E-state index in [0.717, 1.165) is 25.9 Å². The number of nitrogens with zero attached hydrogens (tertiary/aromatic N) is 1. The van der Waals surface area contributed by atoms with E-state index < -0.39 is 5.54 Å². The van der Waals surface area contributed by atoms with E-state index in [2.05, 4.69) is 10.6 Å². The smallest absolute Gasteiger partial charge is 0.325 e. The number of rotatable bonds is 2. The highest BCUT2D eigenvalue weighted by atomic mass is 16.5. The topological polar surface area (TPSA) is 70.7 Å². The van der Waals surface area contributed by atoms with Crippen LogP contribution in [0.5, 0.6) is 0 Å². The van der Waals surface area contributed by atoms with Gasteiger partial charge in [0, 0.05) is 32.6 Å². The Morgan fingerprint density at radius 1 is 1.32 bits per heavy atom. The van der Waals surface area contributed by atoms with Crippen molar-refractivity contribution in [1.82, 2.24) is 15.5 Å². The van der Waals surface area contributed by atoms with Crippen LogP contribution in [0.3, 0.4) is 0 Å². The van der Waals surface area contributed by atoms with Gasteiger partial charge in [-0.25, -0.2) is 4.79 Å². The second-order valence-electron chi connectivity index (χ2n) is 5.75. The van der Waals surface area contributed by atoms with Gasteiger partial charge in [0.05, 0.1) is 0 Å². The maximum Gasteiger partial charge on any atom is 0.325 e. The lowest BCUT2D eigenvalue weighted by Gasteiger charge is -2.31. The number of carbonyl (C=O) groups is 2. The molecule has 3 rings (SSSR count). The van der Waals surface area contributed by atoms with Crippen molar-refractivity contribution in [3.05, 3.63) is 0 Å². The maximum atomic E-state index is 12.5. The minimum Gasteiger partial charge on any atom is -0.381 e. The summed E-state index contributed by atoms with van der Waals surface area (Å²) in [5, 5.41) is 6.22. The minimum atomic E-state index is -0.683. The van der Waals surface area contributed by atoms with Gasteiger partial charge in [0.2, 0.25) is 0 Å². The van der Waals surface area contributed by atoms with E-state index in [9.17, 15) is 9.59 Å². The Morgan fingerprint density at radius 2 is 2.11 bits per heavy atom. The van der Waals surface area contributed by atoms with E-state index in [1.54, 1.807) is 0 Å². The summed E-state index contributed by atoms with van der Waals surface area (Å²) in [6, 6.07) is -0.225. The van der Waals surface area contributed by atoms with Crippen LogP contribution in [-0.4, -0.2) is 55.2 Å². The van der Waals surface area contributed by atoms with Crippen molar-refractivity contribution in [2.24, 2.45) is 5.92 Å². The highest BCUT2D eigenvalue weighted by Gasteiger charge is 2.51. The molecule has 1 atom stereocenters. The van der Waals surface area contributed by atoms with E-state index in [1.807, 2.05) is 0 Å². The number of imide groups is 1. The first-order chi connectivity index (χ1) is 9.21. The number of hydrogen-bond acceptors (Lipinski definition) is 4. The molecule has 19 heavy (non-hydrogen) atoms. The van der Waals surface area contributed by atoms with Crippen LogP contribution >= 0.6 is 0 Å². The molecule has 3 heterocycles. The van der Waals surface area contributed by atoms with Gasteiger partial charge in [0.15, 0.2) is 0 Å². The number of carbonyl (C=O) groups excluding carboxylic acids is 2. The van der Waals surface area contributed by atoms with Crippen LogP contribution in [-0.2, 0) is 9.53 Å². The monoisotopic (exact) mass is 267 g/mol. The third-order valence-electron chi connectivity index (χ3n) is 4.43. The van der Waals surface area contributed by atoms with E-state index in [-0.39, 0.29) is 11.9 Å². The van der Waals surface area contributed by atoms with Gasteiger partial charge in [-0.1, -0.05) is 0 Å². The summed E-state index contributed by atoms with van der Waals surface area (Å²) in [4.78, 5) is 26.0. The molecule has 6 nitrogen and oxygen atoms in total. The van der Waals surface area contributed by atoms with Gasteiger partial charge >= 0.3 is 6.03 Å². The van der Waals surface area contributed by atoms with Gasteiger partial charge in [-0.3, -0.25) is 9.69 Å². The van der Waals surface area contributed by atoms with Crippen LogP contribution in [0, 0.1) is 5.92 Å². The second-order valence-corrected chi connectivity index (χ2v) is 5.75. The van der Waals surface area contributed by atoms with Crippen LogP contribution in [0.2, 0.25) is 0 Å². The number of urea groups is 1. The van der Waals surface area contributed by atoms with Gasteiger partial charge in [-0.05, 0) is 31.8 Å². The van der Waals surface area contributed by atoms with Gasteiger partial charge in [0.25, 0.3) is 5.91 Å². The molecular weight excluding hydrogens is 246 g/mol. The van der Waals surface area contributed by atoms with Crippen molar-refractivity contribution in [3.8, 4) is 0 Å². The van der Waals surface area contributed by atoms with Crippen LogP contribution in [0.25, 0.3) is 0 Å². The van der Waals surface area contributed by atoms with E-state index >= 15 is 0 Å². The number of piperidine rings is 1. The van der Waals surface area contributed by atoms with Crippen LogP contribution < -0.4 is 10.6 Å². The molecule has 6 heteroatoms. The quantitative estimate of drug-likeness (QED) is 0.696. The Kier molecular flexibility index (Phi) is 3.45. The summed E-state index contributed by atoms with van der Waals surface area (Å²) in [5.41, 5.74) is -0.683. The van der Waals surface area contributed by atoms with Gasteiger partial charge in [-0.15, -0.1) is 0 Å². The van der Waals surface area contributed by atoms with Gasteiger partial charge < -0.3 is 15.4 Å². The summed E-state index contributed by atoms with van der Waals surface area (Å²) in [6.45, 7) is 3.57. The van der Waals surface area contributed by atoms with Crippen LogP contribution in [0.1, 0.15) is 25.7 Å². The highest BCUT2D eigenvalue weighted by molar-refractivity contribution is 6.07. The van der Waals surface area contributed by atoms with Crippen molar-refractivity contribution in [1.29, 1.82) is 0 Å². The first kappa shape index (κ1) is 12.9. The predicted molar refractivity (Wildman–Crippen MR) is 68.6 cm³/mol. The lowest BCUT2D eigenvalue weighted by atomic mass is 9.90. The third kappa shape index (κ3) is 2.34. The Labute approximate surface area is 112 Å². The largest absolute Gasteiger partial charge is 0.381 e. The summed E-state index contributed by atoms with van der Waals surface area (Å²) in [7, 11) is 0. The molecule has 106 valence electrons. The Balaban J connectivity index is 1.68. The fourth-order valence-corrected chi connectivity index (χ4v) is 3.24. The zero-order valence-electron chi connectivity index (χ0n) is 11.1. The number of ether oxygens (including phenoxy) is 1. The van der Waals surface area contributed by atoms with E-state index in [1.165, 1.54) is 4.90 Å². The predicted octanol–water partition coefficient (Wildman–Crippen LogP) is 0.0870.